The fourth-order valence-electron chi connectivity index (χ4n) is 4.94. The molecule has 2 N–H and O–H groups in total. The molecule has 1 aliphatic heterocycles. The van der Waals surface area contributed by atoms with Gasteiger partial charge < -0.3 is 14.9 Å². The van der Waals surface area contributed by atoms with Crippen molar-refractivity contribution < 1.29 is 29.3 Å². The summed E-state index contributed by atoms with van der Waals surface area (Å²) in [5.74, 6) is -2.13. The number of nitrogens with zero attached hydrogens (tertiary/aromatic N) is 1. The molecule has 4 rings (SSSR count). The molecule has 0 bridgehead atoms. The van der Waals surface area contributed by atoms with Crippen molar-refractivity contribution in [3.8, 4) is 5.75 Å². The second-order valence-corrected chi connectivity index (χ2v) is 11.4. The molecule has 0 aromatic heterocycles. The number of carboxylic acid groups (broad SMARTS) is 1. The summed E-state index contributed by atoms with van der Waals surface area (Å²) in [6.07, 6.45) is 2.97. The van der Waals surface area contributed by atoms with Crippen molar-refractivity contribution >= 4 is 29.1 Å². The van der Waals surface area contributed by atoms with E-state index in [-0.39, 0.29) is 23.2 Å². The summed E-state index contributed by atoms with van der Waals surface area (Å²) in [7, 11) is 0. The fraction of sp³-hybridized carbons (Fsp3) is 0.324. The summed E-state index contributed by atoms with van der Waals surface area (Å²) in [6, 6.07) is 20.2. The number of ketones is 1. The first-order chi connectivity index (χ1) is 19.5. The van der Waals surface area contributed by atoms with Crippen LogP contribution >= 0.6 is 0 Å². The summed E-state index contributed by atoms with van der Waals surface area (Å²) in [4.78, 5) is 39.5. The number of carbonyl (C=O) groups excluding carboxylic acids is 2. The number of rotatable bonds is 10. The zero-order valence-corrected chi connectivity index (χ0v) is 24.0. The Labute approximate surface area is 241 Å². The highest BCUT2D eigenvalue weighted by atomic mass is 16.5. The van der Waals surface area contributed by atoms with E-state index in [0.717, 1.165) is 24.8 Å². The number of Topliss-reactive ketones (excluding diaryl/α,β-unsaturated/α-hetero) is 1. The topological polar surface area (TPSA) is 104 Å². The van der Waals surface area contributed by atoms with Gasteiger partial charge in [-0.2, -0.15) is 0 Å². The molecule has 1 heterocycles. The number of carboxylic acids is 1. The number of hydrogen-bond donors (Lipinski definition) is 2. The molecule has 0 radical (unpaired) electrons. The van der Waals surface area contributed by atoms with Crippen LogP contribution in [0.25, 0.3) is 5.76 Å². The van der Waals surface area contributed by atoms with Crippen LogP contribution in [0.2, 0.25) is 0 Å². The second kappa shape index (κ2) is 12.4. The van der Waals surface area contributed by atoms with E-state index in [0.29, 0.717) is 34.7 Å². The van der Waals surface area contributed by atoms with Gasteiger partial charge in [0.25, 0.3) is 11.7 Å². The van der Waals surface area contributed by atoms with Crippen LogP contribution in [0.4, 0.5) is 5.69 Å². The van der Waals surface area contributed by atoms with Gasteiger partial charge in [0.1, 0.15) is 11.5 Å². The molecular weight excluding hydrogens is 518 g/mol. The SMILES string of the molecule is CCCCCOc1ccc(/C(O)=C2/C(=O)C(=O)N(c3ccc(CC(=O)O)cc3)C2c2ccc(C(C)(C)C)cc2)cc1. The van der Waals surface area contributed by atoms with Crippen molar-refractivity contribution in [2.75, 3.05) is 11.5 Å². The number of anilines is 1. The first kappa shape index (κ1) is 29.6. The van der Waals surface area contributed by atoms with Crippen molar-refractivity contribution in [2.45, 2.75) is 64.8 Å². The lowest BCUT2D eigenvalue weighted by Crippen LogP contribution is -2.29. The average Bonchev–Trinajstić information content (AvgIpc) is 3.21. The van der Waals surface area contributed by atoms with Gasteiger partial charge in [0.05, 0.1) is 24.6 Å². The van der Waals surface area contributed by atoms with Crippen molar-refractivity contribution in [2.24, 2.45) is 0 Å². The zero-order chi connectivity index (χ0) is 29.7. The van der Waals surface area contributed by atoms with Gasteiger partial charge in [-0.05, 0) is 64.9 Å². The van der Waals surface area contributed by atoms with Gasteiger partial charge in [-0.1, -0.05) is 76.9 Å². The third-order valence-corrected chi connectivity index (χ3v) is 7.25. The Bertz CT molecular complexity index is 1430. The number of unbranched alkanes of at least 4 members (excludes halogenated alkanes) is 2. The molecule has 214 valence electrons. The van der Waals surface area contributed by atoms with Gasteiger partial charge in [0.15, 0.2) is 0 Å². The summed E-state index contributed by atoms with van der Waals surface area (Å²) in [5, 5.41) is 20.6. The van der Waals surface area contributed by atoms with Gasteiger partial charge in [-0.15, -0.1) is 0 Å². The standard InChI is InChI=1S/C34H37NO6/c1-5-6-7-20-41-27-18-12-24(13-19-27)31(38)29-30(23-10-14-25(15-11-23)34(2,3)4)35(33(40)32(29)39)26-16-8-22(9-17-26)21-28(36)37/h8-19,30,38H,5-7,20-21H2,1-4H3,(H,36,37)/b31-29-. The highest BCUT2D eigenvalue weighted by Crippen LogP contribution is 2.42. The molecule has 7 nitrogen and oxygen atoms in total. The highest BCUT2D eigenvalue weighted by molar-refractivity contribution is 6.51. The van der Waals surface area contributed by atoms with Crippen molar-refractivity contribution in [3.05, 3.63) is 101 Å². The third kappa shape index (κ3) is 6.68. The first-order valence-corrected chi connectivity index (χ1v) is 14.0. The van der Waals surface area contributed by atoms with E-state index in [2.05, 4.69) is 27.7 Å². The molecule has 1 atom stereocenters. The van der Waals surface area contributed by atoms with E-state index in [1.54, 1.807) is 48.5 Å². The monoisotopic (exact) mass is 555 g/mol. The summed E-state index contributed by atoms with van der Waals surface area (Å²) in [6.45, 7) is 9.03. The maximum Gasteiger partial charge on any atom is 0.307 e. The van der Waals surface area contributed by atoms with Crippen LogP contribution in [0.3, 0.4) is 0 Å². The Morgan fingerprint density at radius 1 is 0.878 bits per heavy atom. The van der Waals surface area contributed by atoms with E-state index in [9.17, 15) is 19.5 Å². The lowest BCUT2D eigenvalue weighted by atomic mass is 9.85. The van der Waals surface area contributed by atoms with Crippen LogP contribution in [0, 0.1) is 0 Å². The largest absolute Gasteiger partial charge is 0.507 e. The molecule has 1 unspecified atom stereocenters. The lowest BCUT2D eigenvalue weighted by molar-refractivity contribution is -0.136. The van der Waals surface area contributed by atoms with E-state index < -0.39 is 23.7 Å². The first-order valence-electron chi connectivity index (χ1n) is 14.0. The Morgan fingerprint density at radius 3 is 2.07 bits per heavy atom. The maximum atomic E-state index is 13.5. The third-order valence-electron chi connectivity index (χ3n) is 7.25. The van der Waals surface area contributed by atoms with E-state index >= 15 is 0 Å². The van der Waals surface area contributed by atoms with Crippen LogP contribution in [0.1, 0.15) is 75.3 Å². The van der Waals surface area contributed by atoms with Crippen LogP contribution in [0.5, 0.6) is 5.75 Å². The Kier molecular flexibility index (Phi) is 8.96. The maximum absolute atomic E-state index is 13.5. The molecule has 1 aliphatic rings. The van der Waals surface area contributed by atoms with E-state index in [1.165, 1.54) is 4.90 Å². The van der Waals surface area contributed by atoms with Crippen LogP contribution < -0.4 is 9.64 Å². The molecule has 0 saturated carbocycles. The summed E-state index contributed by atoms with van der Waals surface area (Å²) < 4.78 is 5.78. The van der Waals surface area contributed by atoms with E-state index in [4.69, 9.17) is 9.84 Å². The number of aliphatic hydroxyl groups is 1. The number of amides is 1. The number of ether oxygens (including phenoxy) is 1. The molecule has 0 aliphatic carbocycles. The molecule has 3 aromatic rings. The zero-order valence-electron chi connectivity index (χ0n) is 24.0. The summed E-state index contributed by atoms with van der Waals surface area (Å²) in [5.41, 5.74) is 3.06. The number of aliphatic hydroxyl groups excluding tert-OH is 1. The highest BCUT2D eigenvalue weighted by Gasteiger charge is 2.47. The minimum Gasteiger partial charge on any atom is -0.507 e. The number of carbonyl (C=O) groups is 3. The normalized spacial score (nSPS) is 16.7. The smallest absolute Gasteiger partial charge is 0.307 e. The Hall–Kier alpha value is -4.39. The van der Waals surface area contributed by atoms with Gasteiger partial charge in [0, 0.05) is 11.3 Å². The number of aliphatic carboxylic acids is 1. The average molecular weight is 556 g/mol. The minimum atomic E-state index is -0.963. The Balaban J connectivity index is 1.76. The fourth-order valence-corrected chi connectivity index (χ4v) is 4.94. The molecule has 1 amide bonds. The van der Waals surface area contributed by atoms with Gasteiger partial charge in [-0.3, -0.25) is 19.3 Å². The van der Waals surface area contributed by atoms with Crippen LogP contribution in [-0.4, -0.2) is 34.5 Å². The molecule has 3 aromatic carbocycles. The lowest BCUT2D eigenvalue weighted by Gasteiger charge is -2.27. The minimum absolute atomic E-state index is 0.00950. The predicted octanol–water partition coefficient (Wildman–Crippen LogP) is 6.81. The molecule has 7 heteroatoms. The van der Waals surface area contributed by atoms with Gasteiger partial charge in [0.2, 0.25) is 0 Å². The van der Waals surface area contributed by atoms with Gasteiger partial charge in [-0.25, -0.2) is 0 Å². The van der Waals surface area contributed by atoms with Gasteiger partial charge >= 0.3 is 5.97 Å². The van der Waals surface area contributed by atoms with Crippen molar-refractivity contribution in [1.29, 1.82) is 0 Å². The number of hydrogen-bond acceptors (Lipinski definition) is 5. The quantitative estimate of drug-likeness (QED) is 0.123. The Morgan fingerprint density at radius 2 is 1.51 bits per heavy atom. The second-order valence-electron chi connectivity index (χ2n) is 11.4. The van der Waals surface area contributed by atoms with Crippen molar-refractivity contribution in [1.82, 2.24) is 0 Å². The molecule has 0 spiro atoms. The molecule has 41 heavy (non-hydrogen) atoms. The van der Waals surface area contributed by atoms with E-state index in [1.807, 2.05) is 24.3 Å². The number of benzene rings is 3. The summed E-state index contributed by atoms with van der Waals surface area (Å²) >= 11 is 0. The molecule has 1 saturated heterocycles. The molecular formula is C34H37NO6. The molecule has 1 fully saturated rings. The van der Waals surface area contributed by atoms with Crippen LogP contribution in [0.15, 0.2) is 78.4 Å². The van der Waals surface area contributed by atoms with Crippen LogP contribution in [-0.2, 0) is 26.2 Å². The van der Waals surface area contributed by atoms with Crippen molar-refractivity contribution in [3.63, 3.8) is 0 Å². The predicted molar refractivity (Wildman–Crippen MR) is 159 cm³/mol.